The first-order chi connectivity index (χ1) is 28.2. The fourth-order valence-corrected chi connectivity index (χ4v) is 10.0. The van der Waals surface area contributed by atoms with Crippen LogP contribution in [0.15, 0.2) is 180 Å². The van der Waals surface area contributed by atoms with Crippen LogP contribution in [0.2, 0.25) is 0 Å². The lowest BCUT2D eigenvalue weighted by molar-refractivity contribution is 0.584. The molecule has 5 nitrogen and oxygen atoms in total. The quantitative estimate of drug-likeness (QED) is 0.175. The van der Waals surface area contributed by atoms with E-state index in [1.54, 1.807) is 11.3 Å². The predicted octanol–water partition coefficient (Wildman–Crippen LogP) is 13.3. The molecule has 2 unspecified atom stereocenters. The Balaban J connectivity index is 1.05. The minimum absolute atomic E-state index is 0.0928. The molecule has 10 aromatic rings. The van der Waals surface area contributed by atoms with Gasteiger partial charge < -0.3 is 9.32 Å². The number of nitrogens with zero attached hydrogens (tertiary/aromatic N) is 4. The molecular weight excluding hydrogens is 717 g/mol. The highest BCUT2D eigenvalue weighted by Crippen LogP contribution is 2.54. The minimum atomic E-state index is 0.0928. The summed E-state index contributed by atoms with van der Waals surface area (Å²) < 4.78 is 9.40. The number of rotatable bonds is 5. The van der Waals surface area contributed by atoms with Crippen LogP contribution in [0.1, 0.15) is 22.8 Å². The van der Waals surface area contributed by atoms with Crippen LogP contribution in [0, 0.1) is 0 Å². The molecule has 0 bridgehead atoms. The minimum Gasteiger partial charge on any atom is -0.456 e. The van der Waals surface area contributed by atoms with E-state index in [2.05, 4.69) is 181 Å². The molecule has 1 aliphatic heterocycles. The Morgan fingerprint density at radius 1 is 0.509 bits per heavy atom. The Hall–Kier alpha value is -7.15. The zero-order valence-corrected chi connectivity index (χ0v) is 31.4. The van der Waals surface area contributed by atoms with Crippen molar-refractivity contribution in [2.45, 2.75) is 12.0 Å². The van der Waals surface area contributed by atoms with Gasteiger partial charge in [0.05, 0.1) is 11.6 Å². The van der Waals surface area contributed by atoms with E-state index in [1.807, 2.05) is 6.07 Å². The summed E-state index contributed by atoms with van der Waals surface area (Å²) in [6.45, 7) is 0. The van der Waals surface area contributed by atoms with E-state index < -0.39 is 0 Å². The molecule has 7 aromatic carbocycles. The van der Waals surface area contributed by atoms with Crippen molar-refractivity contribution in [1.29, 1.82) is 0 Å². The molecular formula is C51H32N4OS. The van der Waals surface area contributed by atoms with Gasteiger partial charge in [-0.3, -0.25) is 0 Å². The predicted molar refractivity (Wildman–Crippen MR) is 234 cm³/mol. The summed E-state index contributed by atoms with van der Waals surface area (Å²) in [4.78, 5) is 18.1. The van der Waals surface area contributed by atoms with E-state index in [0.29, 0.717) is 17.5 Å². The topological polar surface area (TPSA) is 55.1 Å². The Morgan fingerprint density at radius 3 is 2.05 bits per heavy atom. The third kappa shape index (κ3) is 5.11. The number of aromatic nitrogens is 3. The molecule has 12 rings (SSSR count). The van der Waals surface area contributed by atoms with Gasteiger partial charge in [-0.25, -0.2) is 15.0 Å². The Bertz CT molecular complexity index is 3220. The van der Waals surface area contributed by atoms with Crippen LogP contribution < -0.4 is 4.90 Å². The lowest BCUT2D eigenvalue weighted by Gasteiger charge is -2.30. The third-order valence-corrected chi connectivity index (χ3v) is 12.6. The standard InChI is InChI=1S/C51H32N4OS/c1-3-13-31(14-4-1)32-15-11-16-33(29-32)49-52-50(34-25-28-45-40(30-34)36-19-8-10-24-44(36)57-45)54-51(53-49)39-22-12-21-38-47-43(56-48(38)39)27-26-42-46(47)37-20-7-9-23-41(37)55(42)35-17-5-2-6-18-35/h1-30,42,46H. The number of thiophene rings is 1. The van der Waals surface area contributed by atoms with Crippen molar-refractivity contribution in [3.05, 3.63) is 193 Å². The number of fused-ring (bicyclic) bond motifs is 10. The molecule has 6 heteroatoms. The van der Waals surface area contributed by atoms with E-state index in [4.69, 9.17) is 19.4 Å². The molecule has 0 spiro atoms. The molecule has 4 heterocycles. The van der Waals surface area contributed by atoms with Gasteiger partial charge in [0, 0.05) is 59.5 Å². The van der Waals surface area contributed by atoms with E-state index >= 15 is 0 Å². The average molecular weight is 749 g/mol. The number of hydrogen-bond donors (Lipinski definition) is 0. The molecule has 2 atom stereocenters. The maximum atomic E-state index is 6.90. The number of hydrogen-bond acceptors (Lipinski definition) is 6. The van der Waals surface area contributed by atoms with Gasteiger partial charge in [-0.1, -0.05) is 121 Å². The van der Waals surface area contributed by atoms with Gasteiger partial charge in [-0.15, -0.1) is 11.3 Å². The van der Waals surface area contributed by atoms with E-state index in [0.717, 1.165) is 44.5 Å². The zero-order chi connectivity index (χ0) is 37.5. The highest BCUT2D eigenvalue weighted by atomic mass is 32.1. The first-order valence-electron chi connectivity index (χ1n) is 19.3. The van der Waals surface area contributed by atoms with Crippen LogP contribution in [-0.4, -0.2) is 21.0 Å². The van der Waals surface area contributed by atoms with Crippen molar-refractivity contribution in [3.63, 3.8) is 0 Å². The summed E-state index contributed by atoms with van der Waals surface area (Å²) in [5.41, 5.74) is 10.6. The van der Waals surface area contributed by atoms with Crippen molar-refractivity contribution in [2.75, 3.05) is 4.90 Å². The van der Waals surface area contributed by atoms with E-state index in [-0.39, 0.29) is 12.0 Å². The molecule has 268 valence electrons. The molecule has 2 aliphatic rings. The number of furan rings is 1. The largest absolute Gasteiger partial charge is 0.456 e. The smallest absolute Gasteiger partial charge is 0.167 e. The van der Waals surface area contributed by atoms with Crippen molar-refractivity contribution in [1.82, 2.24) is 15.0 Å². The van der Waals surface area contributed by atoms with Crippen molar-refractivity contribution in [3.8, 4) is 45.3 Å². The number of para-hydroxylation sites is 3. The van der Waals surface area contributed by atoms with Crippen molar-refractivity contribution >= 4 is 59.9 Å². The highest BCUT2D eigenvalue weighted by molar-refractivity contribution is 7.25. The van der Waals surface area contributed by atoms with Gasteiger partial charge in [0.2, 0.25) is 0 Å². The summed E-state index contributed by atoms with van der Waals surface area (Å²) in [5, 5.41) is 3.51. The molecule has 57 heavy (non-hydrogen) atoms. The normalized spacial score (nSPS) is 15.6. The van der Waals surface area contributed by atoms with Gasteiger partial charge in [0.1, 0.15) is 11.3 Å². The van der Waals surface area contributed by atoms with Gasteiger partial charge in [-0.2, -0.15) is 0 Å². The van der Waals surface area contributed by atoms with Crippen LogP contribution in [0.25, 0.3) is 82.5 Å². The Kier molecular flexibility index (Phi) is 7.16. The summed E-state index contributed by atoms with van der Waals surface area (Å²) in [7, 11) is 0. The van der Waals surface area contributed by atoms with Crippen LogP contribution in [0.5, 0.6) is 0 Å². The van der Waals surface area contributed by atoms with Gasteiger partial charge >= 0.3 is 0 Å². The molecule has 0 saturated carbocycles. The number of benzene rings is 7. The molecule has 1 aliphatic carbocycles. The molecule has 0 radical (unpaired) electrons. The van der Waals surface area contributed by atoms with Crippen LogP contribution in [-0.2, 0) is 0 Å². The van der Waals surface area contributed by atoms with E-state index in [9.17, 15) is 0 Å². The molecule has 3 aromatic heterocycles. The molecule has 0 saturated heterocycles. The third-order valence-electron chi connectivity index (χ3n) is 11.5. The first kappa shape index (κ1) is 32.1. The average Bonchev–Trinajstić information content (AvgIpc) is 3.96. The monoisotopic (exact) mass is 748 g/mol. The van der Waals surface area contributed by atoms with Crippen molar-refractivity contribution in [2.24, 2.45) is 0 Å². The van der Waals surface area contributed by atoms with Crippen LogP contribution in [0.3, 0.4) is 0 Å². The van der Waals surface area contributed by atoms with Gasteiger partial charge in [0.15, 0.2) is 17.5 Å². The lowest BCUT2D eigenvalue weighted by atomic mass is 9.82. The van der Waals surface area contributed by atoms with Gasteiger partial charge in [0.25, 0.3) is 0 Å². The maximum absolute atomic E-state index is 6.90. The van der Waals surface area contributed by atoms with Crippen molar-refractivity contribution < 1.29 is 4.42 Å². The summed E-state index contributed by atoms with van der Waals surface area (Å²) in [6.07, 6.45) is 4.45. The summed E-state index contributed by atoms with van der Waals surface area (Å²) >= 11 is 1.81. The second kappa shape index (κ2) is 12.7. The van der Waals surface area contributed by atoms with Crippen LogP contribution in [0.4, 0.5) is 11.4 Å². The molecule has 0 N–H and O–H groups in total. The maximum Gasteiger partial charge on any atom is 0.167 e. The second-order valence-corrected chi connectivity index (χ2v) is 15.8. The SMILES string of the molecule is C1=CC2C(c3ccccc3N2c2ccccc2)c2c1oc1c(-c3nc(-c4cccc(-c5ccccc5)c4)nc(-c4ccc5sc6ccccc6c5c4)n3)cccc21. The molecule has 0 fully saturated rings. The Morgan fingerprint density at radius 2 is 1.18 bits per heavy atom. The fraction of sp³-hybridized carbons (Fsp3) is 0.0392. The Labute approximate surface area is 332 Å². The first-order valence-corrected chi connectivity index (χ1v) is 20.1. The fourth-order valence-electron chi connectivity index (χ4n) is 8.94. The van der Waals surface area contributed by atoms with Crippen LogP contribution >= 0.6 is 11.3 Å². The summed E-state index contributed by atoms with van der Waals surface area (Å²) in [6, 6.07) is 60.0. The number of anilines is 2. The lowest BCUT2D eigenvalue weighted by Crippen LogP contribution is -2.30. The van der Waals surface area contributed by atoms with E-state index in [1.165, 1.54) is 42.7 Å². The second-order valence-electron chi connectivity index (χ2n) is 14.7. The summed E-state index contributed by atoms with van der Waals surface area (Å²) in [5.74, 6) is 2.78. The highest BCUT2D eigenvalue weighted by Gasteiger charge is 2.43. The molecule has 0 amide bonds. The zero-order valence-electron chi connectivity index (χ0n) is 30.6. The van der Waals surface area contributed by atoms with Gasteiger partial charge in [-0.05, 0) is 77.4 Å².